The Morgan fingerprint density at radius 1 is 1.32 bits per heavy atom. The Kier molecular flexibility index (Phi) is 5.03. The molecule has 1 aromatic carbocycles. The molecule has 3 aromatic rings. The second kappa shape index (κ2) is 7.38. The number of hydrogen-bond acceptors (Lipinski definition) is 3. The number of benzene rings is 1. The van der Waals surface area contributed by atoms with Crippen molar-refractivity contribution in [1.29, 1.82) is 0 Å². The predicted molar refractivity (Wildman–Crippen MR) is 90.3 cm³/mol. The molecule has 0 amide bonds. The van der Waals surface area contributed by atoms with E-state index in [9.17, 15) is 0 Å². The standard InChI is InChI=1S/C16H18BrN5/c17-14-4-1-3-13(9-14)15-10-20-16(21-15)11-18-5-2-7-22-8-6-19-12-22/h1,3-4,6,8-10,12,18H,2,5,7,11H2,(H,20,21). The van der Waals surface area contributed by atoms with Crippen LogP contribution in [-0.2, 0) is 13.1 Å². The first-order valence-corrected chi connectivity index (χ1v) is 8.07. The van der Waals surface area contributed by atoms with Crippen LogP contribution in [0.15, 0.2) is 53.7 Å². The van der Waals surface area contributed by atoms with Crippen LogP contribution in [0.2, 0.25) is 0 Å². The van der Waals surface area contributed by atoms with Gasteiger partial charge in [-0.1, -0.05) is 28.1 Å². The minimum atomic E-state index is 0.748. The highest BCUT2D eigenvalue weighted by atomic mass is 79.9. The maximum Gasteiger partial charge on any atom is 0.120 e. The van der Waals surface area contributed by atoms with Gasteiger partial charge in [0, 0.05) is 29.0 Å². The molecule has 0 bridgehead atoms. The third kappa shape index (κ3) is 4.05. The fourth-order valence-electron chi connectivity index (χ4n) is 2.27. The van der Waals surface area contributed by atoms with E-state index in [-0.39, 0.29) is 0 Å². The zero-order chi connectivity index (χ0) is 15.2. The molecule has 0 aliphatic rings. The van der Waals surface area contributed by atoms with Crippen molar-refractivity contribution in [2.75, 3.05) is 6.54 Å². The summed E-state index contributed by atoms with van der Waals surface area (Å²) in [5.41, 5.74) is 2.17. The van der Waals surface area contributed by atoms with E-state index in [1.165, 1.54) is 0 Å². The van der Waals surface area contributed by atoms with Gasteiger partial charge in [-0.2, -0.15) is 0 Å². The Morgan fingerprint density at radius 3 is 3.09 bits per heavy atom. The average molecular weight is 360 g/mol. The Labute approximate surface area is 137 Å². The van der Waals surface area contributed by atoms with Crippen molar-refractivity contribution in [3.8, 4) is 11.3 Å². The molecule has 0 aliphatic carbocycles. The number of hydrogen-bond donors (Lipinski definition) is 2. The number of aromatic amines is 1. The minimum absolute atomic E-state index is 0.748. The van der Waals surface area contributed by atoms with E-state index in [0.717, 1.165) is 47.6 Å². The summed E-state index contributed by atoms with van der Waals surface area (Å²) in [5.74, 6) is 0.956. The maximum atomic E-state index is 4.42. The third-order valence-corrected chi connectivity index (χ3v) is 3.88. The van der Waals surface area contributed by atoms with Crippen LogP contribution >= 0.6 is 15.9 Å². The van der Waals surface area contributed by atoms with Crippen molar-refractivity contribution >= 4 is 15.9 Å². The number of halogens is 1. The van der Waals surface area contributed by atoms with E-state index in [1.54, 1.807) is 6.20 Å². The Bertz CT molecular complexity index is 705. The molecule has 0 saturated carbocycles. The minimum Gasteiger partial charge on any atom is -0.341 e. The SMILES string of the molecule is Brc1cccc(-c2cnc(CNCCCn3ccnc3)[nH]2)c1. The summed E-state index contributed by atoms with van der Waals surface area (Å²) in [6.45, 7) is 2.68. The molecule has 2 heterocycles. The van der Waals surface area contributed by atoms with Gasteiger partial charge >= 0.3 is 0 Å². The normalized spacial score (nSPS) is 11.0. The van der Waals surface area contributed by atoms with Gasteiger partial charge in [0.15, 0.2) is 0 Å². The smallest absolute Gasteiger partial charge is 0.120 e. The maximum absolute atomic E-state index is 4.42. The van der Waals surface area contributed by atoms with Gasteiger partial charge in [-0.05, 0) is 25.1 Å². The number of aryl methyl sites for hydroxylation is 1. The second-order valence-electron chi connectivity index (χ2n) is 5.08. The van der Waals surface area contributed by atoms with E-state index < -0.39 is 0 Å². The summed E-state index contributed by atoms with van der Waals surface area (Å²) >= 11 is 3.49. The number of nitrogens with zero attached hydrogens (tertiary/aromatic N) is 3. The molecule has 0 aliphatic heterocycles. The van der Waals surface area contributed by atoms with E-state index >= 15 is 0 Å². The van der Waals surface area contributed by atoms with Crippen molar-refractivity contribution < 1.29 is 0 Å². The van der Waals surface area contributed by atoms with Crippen LogP contribution in [0.1, 0.15) is 12.2 Å². The van der Waals surface area contributed by atoms with Gasteiger partial charge in [0.1, 0.15) is 5.82 Å². The highest BCUT2D eigenvalue weighted by Crippen LogP contribution is 2.21. The first kappa shape index (κ1) is 15.0. The Hall–Kier alpha value is -1.92. The monoisotopic (exact) mass is 359 g/mol. The molecule has 6 heteroatoms. The molecule has 0 saturated heterocycles. The largest absolute Gasteiger partial charge is 0.341 e. The first-order valence-electron chi connectivity index (χ1n) is 7.27. The predicted octanol–water partition coefficient (Wildman–Crippen LogP) is 3.22. The lowest BCUT2D eigenvalue weighted by Crippen LogP contribution is -2.17. The van der Waals surface area contributed by atoms with Crippen LogP contribution in [0.3, 0.4) is 0 Å². The summed E-state index contributed by atoms with van der Waals surface area (Å²) < 4.78 is 3.15. The van der Waals surface area contributed by atoms with Crippen LogP contribution in [0.25, 0.3) is 11.3 Å². The lowest BCUT2D eigenvalue weighted by Gasteiger charge is -2.04. The van der Waals surface area contributed by atoms with Gasteiger partial charge < -0.3 is 14.9 Å². The summed E-state index contributed by atoms with van der Waals surface area (Å²) in [6.07, 6.45) is 8.58. The van der Waals surface area contributed by atoms with E-state index in [0.29, 0.717) is 0 Å². The summed E-state index contributed by atoms with van der Waals surface area (Å²) in [6, 6.07) is 8.19. The molecular formula is C16H18BrN5. The average Bonchev–Trinajstić information content (AvgIpc) is 3.18. The number of H-pyrrole nitrogens is 1. The number of rotatable bonds is 7. The van der Waals surface area contributed by atoms with Gasteiger partial charge in [0.05, 0.1) is 24.8 Å². The molecule has 22 heavy (non-hydrogen) atoms. The highest BCUT2D eigenvalue weighted by molar-refractivity contribution is 9.10. The molecule has 0 fully saturated rings. The molecular weight excluding hydrogens is 342 g/mol. The summed E-state index contributed by atoms with van der Waals surface area (Å²) in [5, 5.41) is 3.40. The summed E-state index contributed by atoms with van der Waals surface area (Å²) in [4.78, 5) is 11.8. The second-order valence-corrected chi connectivity index (χ2v) is 6.00. The van der Waals surface area contributed by atoms with Crippen molar-refractivity contribution in [2.45, 2.75) is 19.5 Å². The number of imidazole rings is 2. The van der Waals surface area contributed by atoms with Crippen LogP contribution in [0.5, 0.6) is 0 Å². The molecule has 3 rings (SSSR count). The van der Waals surface area contributed by atoms with E-state index in [2.05, 4.69) is 52.9 Å². The van der Waals surface area contributed by atoms with Crippen molar-refractivity contribution in [3.63, 3.8) is 0 Å². The molecule has 0 unspecified atom stereocenters. The number of nitrogens with one attached hydrogen (secondary N) is 2. The van der Waals surface area contributed by atoms with Crippen LogP contribution in [0, 0.1) is 0 Å². The zero-order valence-corrected chi connectivity index (χ0v) is 13.8. The third-order valence-electron chi connectivity index (χ3n) is 3.39. The van der Waals surface area contributed by atoms with Gasteiger partial charge in [0.25, 0.3) is 0 Å². The fourth-order valence-corrected chi connectivity index (χ4v) is 2.67. The van der Waals surface area contributed by atoms with Crippen molar-refractivity contribution in [1.82, 2.24) is 24.8 Å². The fraction of sp³-hybridized carbons (Fsp3) is 0.250. The van der Waals surface area contributed by atoms with Gasteiger partial charge in [-0.3, -0.25) is 0 Å². The van der Waals surface area contributed by atoms with E-state index in [4.69, 9.17) is 0 Å². The topological polar surface area (TPSA) is 58.5 Å². The van der Waals surface area contributed by atoms with Crippen molar-refractivity contribution in [3.05, 3.63) is 59.5 Å². The molecule has 0 radical (unpaired) electrons. The zero-order valence-electron chi connectivity index (χ0n) is 12.2. The lowest BCUT2D eigenvalue weighted by atomic mass is 10.2. The van der Waals surface area contributed by atoms with Crippen molar-refractivity contribution in [2.24, 2.45) is 0 Å². The molecule has 0 spiro atoms. The van der Waals surface area contributed by atoms with Crippen LogP contribution in [0.4, 0.5) is 0 Å². The Morgan fingerprint density at radius 2 is 2.27 bits per heavy atom. The van der Waals surface area contributed by atoms with Gasteiger partial charge in [0.2, 0.25) is 0 Å². The highest BCUT2D eigenvalue weighted by Gasteiger charge is 2.03. The summed E-state index contributed by atoms with van der Waals surface area (Å²) in [7, 11) is 0. The van der Waals surface area contributed by atoms with Crippen LogP contribution in [-0.4, -0.2) is 26.1 Å². The lowest BCUT2D eigenvalue weighted by molar-refractivity contribution is 0.573. The molecule has 5 nitrogen and oxygen atoms in total. The molecule has 2 N–H and O–H groups in total. The van der Waals surface area contributed by atoms with Gasteiger partial charge in [-0.15, -0.1) is 0 Å². The quantitative estimate of drug-likeness (QED) is 0.636. The number of aromatic nitrogens is 4. The molecule has 114 valence electrons. The Balaban J connectivity index is 1.46. The molecule has 0 atom stereocenters. The van der Waals surface area contributed by atoms with E-state index in [1.807, 2.05) is 30.9 Å². The molecule has 2 aromatic heterocycles. The van der Waals surface area contributed by atoms with Crippen LogP contribution < -0.4 is 5.32 Å². The first-order chi connectivity index (χ1) is 10.8. The van der Waals surface area contributed by atoms with Gasteiger partial charge in [-0.25, -0.2) is 9.97 Å².